The summed E-state index contributed by atoms with van der Waals surface area (Å²) >= 11 is 0. The lowest BCUT2D eigenvalue weighted by Crippen LogP contribution is -1.87. The largest absolute Gasteiger partial charge is 0.504 e. The van der Waals surface area contributed by atoms with E-state index < -0.39 is 0 Å². The van der Waals surface area contributed by atoms with Crippen molar-refractivity contribution >= 4 is 0 Å². The van der Waals surface area contributed by atoms with Crippen molar-refractivity contribution in [2.24, 2.45) is 0 Å². The highest BCUT2D eigenvalue weighted by atomic mass is 16.3. The van der Waals surface area contributed by atoms with Crippen LogP contribution < -0.4 is 0 Å². The van der Waals surface area contributed by atoms with Crippen molar-refractivity contribution in [2.45, 2.75) is 71.1 Å². The van der Waals surface area contributed by atoms with Crippen LogP contribution in [-0.2, 0) is 6.42 Å². The van der Waals surface area contributed by atoms with E-state index in [1.807, 2.05) is 6.07 Å². The zero-order valence-corrected chi connectivity index (χ0v) is 15.7. The Morgan fingerprint density at radius 2 is 1.40 bits per heavy atom. The van der Waals surface area contributed by atoms with Crippen LogP contribution in [0.25, 0.3) is 0 Å². The average Bonchev–Trinajstić information content (AvgIpc) is 2.61. The van der Waals surface area contributed by atoms with Gasteiger partial charge < -0.3 is 10.2 Å². The molecule has 2 N–H and O–H groups in total. The molecule has 25 heavy (non-hydrogen) atoms. The van der Waals surface area contributed by atoms with Crippen molar-refractivity contribution in [3.8, 4) is 11.5 Å². The molecule has 2 nitrogen and oxygen atoms in total. The molecule has 0 heterocycles. The van der Waals surface area contributed by atoms with Crippen LogP contribution in [0.4, 0.5) is 0 Å². The number of hydrogen-bond donors (Lipinski definition) is 2. The molecule has 0 amide bonds. The first-order valence-corrected chi connectivity index (χ1v) is 9.70. The van der Waals surface area contributed by atoms with E-state index >= 15 is 0 Å². The number of unbranched alkanes of at least 4 members (excludes halogenated alkanes) is 5. The fourth-order valence-corrected chi connectivity index (χ4v) is 2.71. The summed E-state index contributed by atoms with van der Waals surface area (Å²) in [6.45, 7) is 2.16. The Hall–Kier alpha value is -1.96. The maximum Gasteiger partial charge on any atom is 0.160 e. The third-order valence-corrected chi connectivity index (χ3v) is 4.20. The first-order valence-electron chi connectivity index (χ1n) is 9.70. The zero-order valence-electron chi connectivity index (χ0n) is 15.7. The zero-order chi connectivity index (χ0) is 18.2. The molecule has 0 aliphatic rings. The highest BCUT2D eigenvalue weighted by molar-refractivity contribution is 5.44. The Balaban J connectivity index is 1.96. The van der Waals surface area contributed by atoms with Gasteiger partial charge in [0.2, 0.25) is 0 Å². The van der Waals surface area contributed by atoms with Gasteiger partial charge in [-0.05, 0) is 56.6 Å². The van der Waals surface area contributed by atoms with Crippen molar-refractivity contribution in [3.63, 3.8) is 0 Å². The van der Waals surface area contributed by atoms with Crippen LogP contribution in [0, 0.1) is 0 Å². The van der Waals surface area contributed by atoms with E-state index in [9.17, 15) is 10.2 Å². The van der Waals surface area contributed by atoms with E-state index in [2.05, 4.69) is 43.4 Å². The summed E-state index contributed by atoms with van der Waals surface area (Å²) in [4.78, 5) is 0. The summed E-state index contributed by atoms with van der Waals surface area (Å²) in [5.74, 6) is 0.0274. The van der Waals surface area contributed by atoms with E-state index in [-0.39, 0.29) is 11.5 Å². The monoisotopic (exact) mass is 342 g/mol. The van der Waals surface area contributed by atoms with Crippen molar-refractivity contribution in [1.82, 2.24) is 0 Å². The minimum Gasteiger partial charge on any atom is -0.504 e. The minimum atomic E-state index is -0.0171. The summed E-state index contributed by atoms with van der Waals surface area (Å²) in [5.41, 5.74) is 0.848. The summed E-state index contributed by atoms with van der Waals surface area (Å²) in [7, 11) is 0. The molecule has 0 bridgehead atoms. The van der Waals surface area contributed by atoms with Crippen LogP contribution in [0.2, 0.25) is 0 Å². The van der Waals surface area contributed by atoms with Gasteiger partial charge >= 0.3 is 0 Å². The normalized spacial score (nSPS) is 12.0. The number of para-hydroxylation sites is 1. The number of phenolic OH excluding ortho intramolecular Hbond substituents is 2. The third kappa shape index (κ3) is 10.5. The molecule has 0 atom stereocenters. The van der Waals surface area contributed by atoms with Crippen molar-refractivity contribution in [3.05, 3.63) is 60.2 Å². The van der Waals surface area contributed by atoms with Crippen LogP contribution in [0.3, 0.4) is 0 Å². The van der Waals surface area contributed by atoms with Gasteiger partial charge in [-0.2, -0.15) is 0 Å². The predicted octanol–water partition coefficient (Wildman–Crippen LogP) is 6.84. The highest BCUT2D eigenvalue weighted by Crippen LogP contribution is 2.29. The SMILES string of the molecule is CCC=CCC=CCC=CCCCCCCCc1cccc(O)c1O. The first kappa shape index (κ1) is 21.1. The Labute approximate surface area is 153 Å². The Bertz CT molecular complexity index is 541. The number of allylic oxidation sites excluding steroid dienone is 6. The van der Waals surface area contributed by atoms with E-state index in [0.29, 0.717) is 0 Å². The molecule has 138 valence electrons. The molecular formula is C23H34O2. The van der Waals surface area contributed by atoms with Crippen LogP contribution in [0.15, 0.2) is 54.7 Å². The van der Waals surface area contributed by atoms with E-state index in [1.165, 1.54) is 31.7 Å². The molecule has 0 fully saturated rings. The Morgan fingerprint density at radius 3 is 2.16 bits per heavy atom. The van der Waals surface area contributed by atoms with Crippen molar-refractivity contribution in [1.29, 1.82) is 0 Å². The second-order valence-corrected chi connectivity index (χ2v) is 6.39. The van der Waals surface area contributed by atoms with Crippen LogP contribution in [0.5, 0.6) is 11.5 Å². The topological polar surface area (TPSA) is 40.5 Å². The number of rotatable bonds is 13. The maximum atomic E-state index is 9.75. The van der Waals surface area contributed by atoms with Gasteiger partial charge in [0.25, 0.3) is 0 Å². The lowest BCUT2D eigenvalue weighted by molar-refractivity contribution is 0.398. The molecule has 0 radical (unpaired) electrons. The molecule has 0 saturated heterocycles. The number of aromatic hydroxyl groups is 2. The smallest absolute Gasteiger partial charge is 0.160 e. The standard InChI is InChI=1S/C23H34O2/c1-2-3-4-5-6-7-8-9-10-11-12-13-14-15-16-18-21-19-17-20-22(24)23(21)25/h3-4,6-7,9-10,17,19-20,24-25H,2,5,8,11-16,18H2,1H3. The molecule has 1 rings (SSSR count). The molecule has 0 aromatic heterocycles. The predicted molar refractivity (Wildman–Crippen MR) is 108 cm³/mol. The first-order chi connectivity index (χ1) is 12.3. The van der Waals surface area contributed by atoms with Gasteiger partial charge in [-0.1, -0.05) is 74.8 Å². The van der Waals surface area contributed by atoms with Crippen LogP contribution in [-0.4, -0.2) is 10.2 Å². The summed E-state index contributed by atoms with van der Waals surface area (Å²) in [5, 5.41) is 19.2. The van der Waals surface area contributed by atoms with Crippen molar-refractivity contribution in [2.75, 3.05) is 0 Å². The quantitative estimate of drug-likeness (QED) is 0.234. The third-order valence-electron chi connectivity index (χ3n) is 4.20. The molecule has 0 unspecified atom stereocenters. The maximum absolute atomic E-state index is 9.75. The van der Waals surface area contributed by atoms with Gasteiger partial charge in [-0.3, -0.25) is 0 Å². The highest BCUT2D eigenvalue weighted by Gasteiger charge is 2.04. The second kappa shape index (κ2) is 14.4. The van der Waals surface area contributed by atoms with Crippen molar-refractivity contribution < 1.29 is 10.2 Å². The van der Waals surface area contributed by atoms with Gasteiger partial charge in [0, 0.05) is 0 Å². The summed E-state index contributed by atoms with van der Waals surface area (Å²) in [6.07, 6.45) is 24.6. The van der Waals surface area contributed by atoms with Crippen LogP contribution >= 0.6 is 0 Å². The summed E-state index contributed by atoms with van der Waals surface area (Å²) in [6, 6.07) is 5.19. The average molecular weight is 343 g/mol. The van der Waals surface area contributed by atoms with E-state index in [4.69, 9.17) is 0 Å². The number of aryl methyl sites for hydroxylation is 1. The van der Waals surface area contributed by atoms with Crippen LogP contribution in [0.1, 0.15) is 70.3 Å². The number of phenols is 2. The molecule has 1 aromatic rings. The Morgan fingerprint density at radius 1 is 0.760 bits per heavy atom. The lowest BCUT2D eigenvalue weighted by Gasteiger charge is -2.05. The molecule has 0 spiro atoms. The molecule has 1 aromatic carbocycles. The fourth-order valence-electron chi connectivity index (χ4n) is 2.71. The van der Waals surface area contributed by atoms with Gasteiger partial charge in [-0.25, -0.2) is 0 Å². The van der Waals surface area contributed by atoms with Gasteiger partial charge in [0.05, 0.1) is 0 Å². The molecular weight excluding hydrogens is 308 g/mol. The van der Waals surface area contributed by atoms with E-state index in [1.54, 1.807) is 6.07 Å². The molecule has 0 aliphatic heterocycles. The number of benzene rings is 1. The fraction of sp³-hybridized carbons (Fsp3) is 0.478. The summed E-state index contributed by atoms with van der Waals surface area (Å²) < 4.78 is 0. The van der Waals surface area contributed by atoms with Gasteiger partial charge in [0.1, 0.15) is 0 Å². The minimum absolute atomic E-state index is 0.0171. The molecule has 0 aliphatic carbocycles. The Kier molecular flexibility index (Phi) is 12.1. The van der Waals surface area contributed by atoms with Gasteiger partial charge in [0.15, 0.2) is 11.5 Å². The lowest BCUT2D eigenvalue weighted by atomic mass is 10.0. The number of hydrogen-bond acceptors (Lipinski definition) is 2. The van der Waals surface area contributed by atoms with Gasteiger partial charge in [-0.15, -0.1) is 0 Å². The molecule has 0 saturated carbocycles. The molecule has 2 heteroatoms. The second-order valence-electron chi connectivity index (χ2n) is 6.39. The van der Waals surface area contributed by atoms with E-state index in [0.717, 1.165) is 44.1 Å².